The number of hydrogen-bond acceptors (Lipinski definition) is 12. The highest BCUT2D eigenvalue weighted by atomic mass is 16.6. The maximum atomic E-state index is 12.5. The van der Waals surface area contributed by atoms with Crippen LogP contribution in [0.1, 0.15) is 85.8 Å². The molecule has 0 bridgehead atoms. The molecule has 356 valence electrons. The van der Waals surface area contributed by atoms with Crippen molar-refractivity contribution in [3.05, 3.63) is 167 Å². The molecule has 2 fully saturated rings. The molecule has 12 nitrogen and oxygen atoms in total. The van der Waals surface area contributed by atoms with Crippen LogP contribution in [0.25, 0.3) is 0 Å². The van der Waals surface area contributed by atoms with Crippen LogP contribution in [-0.2, 0) is 22.4 Å². The molecular weight excluding hydrogens is 865 g/mol. The van der Waals surface area contributed by atoms with E-state index in [1.807, 2.05) is 137 Å². The molecule has 2 aliphatic heterocycles. The summed E-state index contributed by atoms with van der Waals surface area (Å²) in [7, 11) is 3.22. The van der Waals surface area contributed by atoms with Crippen LogP contribution in [0, 0.1) is 0 Å². The molecule has 4 aliphatic rings. The average Bonchev–Trinajstić information content (AvgIpc) is 3.96. The molecule has 0 amide bonds. The fraction of sp³-hybridized carbons (Fsp3) is 0.357. The smallest absolute Gasteiger partial charge is 0.176 e. The molecule has 0 radical (unpaired) electrons. The van der Waals surface area contributed by atoms with Crippen molar-refractivity contribution in [3.63, 3.8) is 0 Å². The van der Waals surface area contributed by atoms with Crippen molar-refractivity contribution in [1.29, 1.82) is 0 Å². The Hall–Kier alpha value is -6.44. The summed E-state index contributed by atoms with van der Waals surface area (Å²) < 4.78 is 47.7. The number of ether oxygens (including phenoxy) is 8. The van der Waals surface area contributed by atoms with Crippen LogP contribution in [0.4, 0.5) is 0 Å². The summed E-state index contributed by atoms with van der Waals surface area (Å²) in [6, 6.07) is 41.8. The summed E-state index contributed by atoms with van der Waals surface area (Å²) >= 11 is 0. The molecule has 68 heavy (non-hydrogen) atoms. The van der Waals surface area contributed by atoms with E-state index in [9.17, 15) is 20.4 Å². The third-order valence-electron chi connectivity index (χ3n) is 14.0. The second-order valence-electron chi connectivity index (χ2n) is 17.4. The highest BCUT2D eigenvalue weighted by Gasteiger charge is 2.75. The lowest BCUT2D eigenvalue weighted by molar-refractivity contribution is -0.150. The lowest BCUT2D eigenvalue weighted by Gasteiger charge is -2.40. The Morgan fingerprint density at radius 1 is 0.471 bits per heavy atom. The van der Waals surface area contributed by atoms with Gasteiger partial charge in [0.1, 0.15) is 46.0 Å². The van der Waals surface area contributed by atoms with Gasteiger partial charge in [-0.2, -0.15) is 0 Å². The lowest BCUT2D eigenvalue weighted by atomic mass is 9.71. The van der Waals surface area contributed by atoms with E-state index in [1.54, 1.807) is 38.5 Å². The second-order valence-corrected chi connectivity index (χ2v) is 17.4. The van der Waals surface area contributed by atoms with Gasteiger partial charge in [0.25, 0.3) is 0 Å². The van der Waals surface area contributed by atoms with Gasteiger partial charge in [0.2, 0.25) is 0 Å². The molecule has 2 saturated carbocycles. The molecule has 8 atom stereocenters. The predicted octanol–water partition coefficient (Wildman–Crippen LogP) is 9.03. The number of aliphatic hydroxyl groups is 4. The third kappa shape index (κ3) is 7.10. The summed E-state index contributed by atoms with van der Waals surface area (Å²) in [5.41, 5.74) is -1.68. The quantitative estimate of drug-likeness (QED) is 0.0824. The van der Waals surface area contributed by atoms with Crippen LogP contribution in [0.3, 0.4) is 0 Å². The number of rotatable bonds is 14. The van der Waals surface area contributed by atoms with Gasteiger partial charge in [-0.1, -0.05) is 84.9 Å². The summed E-state index contributed by atoms with van der Waals surface area (Å²) in [6.07, 6.45) is -1.52. The molecule has 0 spiro atoms. The summed E-state index contributed by atoms with van der Waals surface area (Å²) in [5, 5.41) is 48.0. The normalized spacial score (nSPS) is 27.0. The zero-order chi connectivity index (χ0) is 47.8. The summed E-state index contributed by atoms with van der Waals surface area (Å²) in [4.78, 5) is 0. The van der Waals surface area contributed by atoms with Gasteiger partial charge in [-0.05, 0) is 87.1 Å². The standard InChI is InChI=1S/2C28H30O6/c2*1-4-32-21-15-23(33-5-2)26-24(16-21)34-28(19-11-13-20(31-3)14-12-19)22(17-25(29)27(26,28)30)18-9-7-6-8-10-18/h2*6-16,22,25,29-30H,4-5,17H2,1-3H3/t22-,25+,27-,28+;22-,25-,27+,28-/m10/s1. The predicted molar refractivity (Wildman–Crippen MR) is 256 cm³/mol. The van der Waals surface area contributed by atoms with Crippen LogP contribution in [0.15, 0.2) is 133 Å². The van der Waals surface area contributed by atoms with Crippen molar-refractivity contribution in [2.75, 3.05) is 40.6 Å². The van der Waals surface area contributed by atoms with Crippen LogP contribution in [0.2, 0.25) is 0 Å². The topological polar surface area (TPSA) is 155 Å². The van der Waals surface area contributed by atoms with Crippen molar-refractivity contribution in [2.45, 2.75) is 87.0 Å². The van der Waals surface area contributed by atoms with E-state index >= 15 is 0 Å². The molecule has 0 saturated heterocycles. The number of hydrogen-bond donors (Lipinski definition) is 4. The zero-order valence-corrected chi connectivity index (χ0v) is 39.3. The third-order valence-corrected chi connectivity index (χ3v) is 14.0. The Morgan fingerprint density at radius 3 is 1.15 bits per heavy atom. The molecule has 10 rings (SSSR count). The Bertz CT molecular complexity index is 2510. The molecule has 6 aromatic rings. The number of aliphatic hydroxyl groups excluding tert-OH is 2. The Balaban J connectivity index is 0.000000170. The Morgan fingerprint density at radius 2 is 0.824 bits per heavy atom. The monoisotopic (exact) mass is 924 g/mol. The van der Waals surface area contributed by atoms with Crippen LogP contribution in [-0.4, -0.2) is 73.3 Å². The summed E-state index contributed by atoms with van der Waals surface area (Å²) in [6.45, 7) is 9.33. The zero-order valence-electron chi connectivity index (χ0n) is 39.3. The maximum Gasteiger partial charge on any atom is 0.176 e. The maximum absolute atomic E-state index is 12.5. The first-order valence-corrected chi connectivity index (χ1v) is 23.4. The molecular formula is C56H60O12. The minimum absolute atomic E-state index is 0.320. The first-order valence-electron chi connectivity index (χ1n) is 23.4. The van der Waals surface area contributed by atoms with E-state index in [-0.39, 0.29) is 11.8 Å². The van der Waals surface area contributed by atoms with Crippen molar-refractivity contribution in [3.8, 4) is 46.0 Å². The van der Waals surface area contributed by atoms with Gasteiger partial charge in [-0.25, -0.2) is 0 Å². The molecule has 0 unspecified atom stereocenters. The van der Waals surface area contributed by atoms with Crippen molar-refractivity contribution >= 4 is 0 Å². The van der Waals surface area contributed by atoms with Crippen molar-refractivity contribution in [1.82, 2.24) is 0 Å². The molecule has 2 aliphatic carbocycles. The SMILES string of the molecule is CCOc1cc(OCC)c2c(c1)O[C@@]1(c3ccc(OC)cc3)[C@@H](c3ccccc3)C[C@H](O)[C@@]21O.CCOc1cc(OCC)c2c(c1)O[C@@]1(c3ccc(OC)cc3)[C@H](c3ccccc3)C[C@H](O)[C@@]21O. The average molecular weight is 925 g/mol. The van der Waals surface area contributed by atoms with E-state index < -0.39 is 34.6 Å². The number of methoxy groups -OCH3 is 2. The number of fused-ring (bicyclic) bond motifs is 6. The minimum atomic E-state index is -1.74. The van der Waals surface area contributed by atoms with E-state index in [0.717, 1.165) is 22.3 Å². The van der Waals surface area contributed by atoms with Gasteiger partial charge < -0.3 is 58.3 Å². The van der Waals surface area contributed by atoms with Crippen molar-refractivity contribution in [2.24, 2.45) is 0 Å². The van der Waals surface area contributed by atoms with E-state index in [1.165, 1.54) is 0 Å². The van der Waals surface area contributed by atoms with Gasteiger partial charge in [0.05, 0.1) is 64.0 Å². The lowest BCUT2D eigenvalue weighted by Crippen LogP contribution is -2.52. The van der Waals surface area contributed by atoms with Gasteiger partial charge in [-0.3, -0.25) is 0 Å². The first-order chi connectivity index (χ1) is 33.0. The minimum Gasteiger partial charge on any atom is -0.497 e. The fourth-order valence-electron chi connectivity index (χ4n) is 11.3. The first kappa shape index (κ1) is 46.7. The number of benzene rings is 6. The highest BCUT2D eigenvalue weighted by Crippen LogP contribution is 2.70. The molecule has 2 heterocycles. The van der Waals surface area contributed by atoms with Gasteiger partial charge in [-0.15, -0.1) is 0 Å². The molecule has 6 aromatic carbocycles. The largest absolute Gasteiger partial charge is 0.497 e. The van der Waals surface area contributed by atoms with Gasteiger partial charge in [0.15, 0.2) is 22.4 Å². The van der Waals surface area contributed by atoms with Gasteiger partial charge in [0, 0.05) is 36.1 Å². The summed E-state index contributed by atoms with van der Waals surface area (Å²) in [5.74, 6) is 3.74. The highest BCUT2D eigenvalue weighted by molar-refractivity contribution is 5.64. The van der Waals surface area contributed by atoms with Crippen LogP contribution in [0.5, 0.6) is 46.0 Å². The molecule has 0 aromatic heterocycles. The Labute approximate surface area is 397 Å². The van der Waals surface area contributed by atoms with E-state index in [2.05, 4.69) is 0 Å². The second kappa shape index (κ2) is 18.6. The fourth-order valence-corrected chi connectivity index (χ4v) is 11.3. The van der Waals surface area contributed by atoms with Crippen molar-refractivity contribution < 1.29 is 58.3 Å². The van der Waals surface area contributed by atoms with Crippen LogP contribution < -0.4 is 37.9 Å². The van der Waals surface area contributed by atoms with Gasteiger partial charge >= 0.3 is 0 Å². The molecule has 12 heteroatoms. The Kier molecular flexibility index (Phi) is 12.7. The van der Waals surface area contributed by atoms with E-state index in [4.69, 9.17) is 37.9 Å². The molecule has 4 N–H and O–H groups in total. The van der Waals surface area contributed by atoms with E-state index in [0.29, 0.717) is 96.4 Å². The van der Waals surface area contributed by atoms with Crippen LogP contribution >= 0.6 is 0 Å².